The molecule has 7 heteroatoms. The number of rotatable bonds is 4. The van der Waals surface area contributed by atoms with E-state index in [1.165, 1.54) is 4.90 Å². The minimum absolute atomic E-state index is 0.0982. The number of anilines is 1. The highest BCUT2D eigenvalue weighted by Gasteiger charge is 2.23. The van der Waals surface area contributed by atoms with E-state index in [-0.39, 0.29) is 18.4 Å². The first kappa shape index (κ1) is 16.8. The SMILES string of the molecule is Cc1cccc(NC(=O)CN(C)C(=O)c2cccc3c2OCCO3)n1. The van der Waals surface area contributed by atoms with E-state index in [1.807, 2.05) is 13.0 Å². The number of fused-ring (bicyclic) bond motifs is 1. The van der Waals surface area contributed by atoms with Crippen LogP contribution in [-0.2, 0) is 4.79 Å². The molecule has 2 aromatic rings. The van der Waals surface area contributed by atoms with Crippen LogP contribution in [0.25, 0.3) is 0 Å². The molecule has 0 atom stereocenters. The number of nitrogens with one attached hydrogen (secondary N) is 1. The van der Waals surface area contributed by atoms with Crippen LogP contribution in [0.1, 0.15) is 16.1 Å². The summed E-state index contributed by atoms with van der Waals surface area (Å²) in [4.78, 5) is 30.4. The Balaban J connectivity index is 1.68. The topological polar surface area (TPSA) is 80.8 Å². The monoisotopic (exact) mass is 341 g/mol. The Hall–Kier alpha value is -3.09. The lowest BCUT2D eigenvalue weighted by atomic mass is 10.1. The van der Waals surface area contributed by atoms with Crippen molar-refractivity contribution < 1.29 is 19.1 Å². The van der Waals surface area contributed by atoms with E-state index in [1.54, 1.807) is 37.4 Å². The van der Waals surface area contributed by atoms with E-state index in [9.17, 15) is 9.59 Å². The molecular formula is C18H19N3O4. The second kappa shape index (κ2) is 7.21. The number of benzene rings is 1. The van der Waals surface area contributed by atoms with Crippen LogP contribution in [0.5, 0.6) is 11.5 Å². The van der Waals surface area contributed by atoms with Crippen molar-refractivity contribution in [2.45, 2.75) is 6.92 Å². The number of ether oxygens (including phenoxy) is 2. The van der Waals surface area contributed by atoms with Gasteiger partial charge in [0.05, 0.1) is 12.1 Å². The van der Waals surface area contributed by atoms with Crippen molar-refractivity contribution in [2.75, 3.05) is 32.1 Å². The zero-order valence-electron chi connectivity index (χ0n) is 14.1. The van der Waals surface area contributed by atoms with Gasteiger partial charge in [0.1, 0.15) is 19.0 Å². The van der Waals surface area contributed by atoms with Crippen LogP contribution in [0.15, 0.2) is 36.4 Å². The zero-order chi connectivity index (χ0) is 17.8. The molecule has 7 nitrogen and oxygen atoms in total. The van der Waals surface area contributed by atoms with Crippen molar-refractivity contribution in [1.82, 2.24) is 9.88 Å². The highest BCUT2D eigenvalue weighted by molar-refractivity contribution is 6.01. The quantitative estimate of drug-likeness (QED) is 0.918. The fourth-order valence-electron chi connectivity index (χ4n) is 2.53. The number of pyridine rings is 1. The van der Waals surface area contributed by atoms with E-state index in [4.69, 9.17) is 9.47 Å². The molecule has 0 aliphatic carbocycles. The maximum atomic E-state index is 12.7. The molecule has 2 heterocycles. The van der Waals surface area contributed by atoms with Gasteiger partial charge < -0.3 is 19.7 Å². The van der Waals surface area contributed by atoms with Gasteiger partial charge in [0.25, 0.3) is 5.91 Å². The lowest BCUT2D eigenvalue weighted by Gasteiger charge is -2.23. The van der Waals surface area contributed by atoms with Gasteiger partial charge in [0.2, 0.25) is 5.91 Å². The van der Waals surface area contributed by atoms with E-state index in [0.717, 1.165) is 5.69 Å². The molecule has 1 aromatic carbocycles. The second-order valence-corrected chi connectivity index (χ2v) is 5.70. The number of aryl methyl sites for hydroxylation is 1. The van der Waals surface area contributed by atoms with Gasteiger partial charge in [0.15, 0.2) is 11.5 Å². The molecule has 0 bridgehead atoms. The molecule has 1 N–H and O–H groups in total. The van der Waals surface area contributed by atoms with E-state index in [0.29, 0.717) is 36.1 Å². The smallest absolute Gasteiger partial charge is 0.257 e. The fourth-order valence-corrected chi connectivity index (χ4v) is 2.53. The van der Waals surface area contributed by atoms with Crippen LogP contribution in [0.4, 0.5) is 5.82 Å². The molecule has 0 saturated carbocycles. The molecule has 1 aliphatic heterocycles. The number of hydrogen-bond donors (Lipinski definition) is 1. The summed E-state index contributed by atoms with van der Waals surface area (Å²) in [5.74, 6) is 0.788. The van der Waals surface area contributed by atoms with Crippen molar-refractivity contribution in [1.29, 1.82) is 0 Å². The maximum absolute atomic E-state index is 12.7. The number of para-hydroxylation sites is 1. The predicted octanol–water partition coefficient (Wildman–Crippen LogP) is 1.87. The highest BCUT2D eigenvalue weighted by Crippen LogP contribution is 2.34. The summed E-state index contributed by atoms with van der Waals surface area (Å²) in [6.07, 6.45) is 0. The van der Waals surface area contributed by atoms with Gasteiger partial charge in [-0.05, 0) is 31.2 Å². The Kier molecular flexibility index (Phi) is 4.83. The lowest BCUT2D eigenvalue weighted by Crippen LogP contribution is -2.35. The third-order valence-corrected chi connectivity index (χ3v) is 3.68. The molecule has 1 aromatic heterocycles. The number of carbonyl (C=O) groups excluding carboxylic acids is 2. The summed E-state index contributed by atoms with van der Waals surface area (Å²) in [5.41, 5.74) is 1.18. The molecule has 1 aliphatic rings. The molecule has 0 spiro atoms. The Morgan fingerprint density at radius 2 is 1.92 bits per heavy atom. The second-order valence-electron chi connectivity index (χ2n) is 5.70. The minimum Gasteiger partial charge on any atom is -0.486 e. The van der Waals surface area contributed by atoms with Crippen LogP contribution in [0, 0.1) is 6.92 Å². The third-order valence-electron chi connectivity index (χ3n) is 3.68. The van der Waals surface area contributed by atoms with E-state index in [2.05, 4.69) is 10.3 Å². The lowest BCUT2D eigenvalue weighted by molar-refractivity contribution is -0.116. The Labute approximate surface area is 145 Å². The Morgan fingerprint density at radius 1 is 1.16 bits per heavy atom. The first-order valence-corrected chi connectivity index (χ1v) is 7.92. The largest absolute Gasteiger partial charge is 0.486 e. The summed E-state index contributed by atoms with van der Waals surface area (Å²) in [7, 11) is 1.56. The van der Waals surface area contributed by atoms with Crippen LogP contribution in [0.3, 0.4) is 0 Å². The predicted molar refractivity (Wildman–Crippen MR) is 92.0 cm³/mol. The molecule has 25 heavy (non-hydrogen) atoms. The number of amides is 2. The van der Waals surface area contributed by atoms with Gasteiger partial charge in [-0.25, -0.2) is 4.98 Å². The summed E-state index contributed by atoms with van der Waals surface area (Å²) in [5, 5.41) is 2.68. The van der Waals surface area contributed by atoms with E-state index < -0.39 is 0 Å². The first-order chi connectivity index (χ1) is 12.0. The van der Waals surface area contributed by atoms with Crippen molar-refractivity contribution in [3.63, 3.8) is 0 Å². The molecule has 2 amide bonds. The van der Waals surface area contributed by atoms with Crippen molar-refractivity contribution >= 4 is 17.6 Å². The Morgan fingerprint density at radius 3 is 2.72 bits per heavy atom. The summed E-state index contributed by atoms with van der Waals surface area (Å²) in [6, 6.07) is 10.5. The number of nitrogens with zero attached hydrogens (tertiary/aromatic N) is 2. The zero-order valence-corrected chi connectivity index (χ0v) is 14.1. The van der Waals surface area contributed by atoms with Crippen molar-refractivity contribution in [3.8, 4) is 11.5 Å². The van der Waals surface area contributed by atoms with Gasteiger partial charge in [-0.3, -0.25) is 9.59 Å². The number of hydrogen-bond acceptors (Lipinski definition) is 5. The molecule has 0 fully saturated rings. The minimum atomic E-state index is -0.323. The van der Waals surface area contributed by atoms with Crippen LogP contribution < -0.4 is 14.8 Å². The normalized spacial score (nSPS) is 12.4. The fraction of sp³-hybridized carbons (Fsp3) is 0.278. The van der Waals surface area contributed by atoms with Gasteiger partial charge in [-0.15, -0.1) is 0 Å². The van der Waals surface area contributed by atoms with Gasteiger partial charge in [-0.2, -0.15) is 0 Å². The standard InChI is InChI=1S/C18H19N3O4/c1-12-5-3-8-15(19-12)20-16(22)11-21(2)18(23)13-6-4-7-14-17(13)25-10-9-24-14/h3-8H,9-11H2,1-2H3,(H,19,20,22). The van der Waals surface area contributed by atoms with Gasteiger partial charge in [-0.1, -0.05) is 12.1 Å². The number of carbonyl (C=O) groups is 2. The number of aromatic nitrogens is 1. The van der Waals surface area contributed by atoms with Gasteiger partial charge >= 0.3 is 0 Å². The maximum Gasteiger partial charge on any atom is 0.257 e. The average Bonchev–Trinajstić information content (AvgIpc) is 2.60. The molecular weight excluding hydrogens is 322 g/mol. The summed E-state index contributed by atoms with van der Waals surface area (Å²) >= 11 is 0. The molecule has 0 radical (unpaired) electrons. The first-order valence-electron chi connectivity index (χ1n) is 7.92. The molecule has 0 unspecified atom stereocenters. The average molecular weight is 341 g/mol. The van der Waals surface area contributed by atoms with Crippen LogP contribution in [-0.4, -0.2) is 48.5 Å². The summed E-state index contributed by atoms with van der Waals surface area (Å²) in [6.45, 7) is 2.58. The van der Waals surface area contributed by atoms with Gasteiger partial charge in [0, 0.05) is 12.7 Å². The third kappa shape index (κ3) is 3.88. The Bertz CT molecular complexity index is 807. The van der Waals surface area contributed by atoms with Crippen LogP contribution in [0.2, 0.25) is 0 Å². The molecule has 3 rings (SSSR count). The molecule has 0 saturated heterocycles. The van der Waals surface area contributed by atoms with Crippen LogP contribution >= 0.6 is 0 Å². The highest BCUT2D eigenvalue weighted by atomic mass is 16.6. The van der Waals surface area contributed by atoms with Crippen molar-refractivity contribution in [3.05, 3.63) is 47.7 Å². The molecule has 130 valence electrons. The number of likely N-dealkylation sites (N-methyl/N-ethyl adjacent to an activating group) is 1. The van der Waals surface area contributed by atoms with E-state index >= 15 is 0 Å². The van der Waals surface area contributed by atoms with Crippen molar-refractivity contribution in [2.24, 2.45) is 0 Å². The summed E-state index contributed by atoms with van der Waals surface area (Å²) < 4.78 is 11.0.